The van der Waals surface area contributed by atoms with Crippen LogP contribution in [0.3, 0.4) is 0 Å². The molecule has 0 aliphatic carbocycles. The van der Waals surface area contributed by atoms with E-state index in [0.29, 0.717) is 5.89 Å². The fourth-order valence-electron chi connectivity index (χ4n) is 1.76. The lowest BCUT2D eigenvalue weighted by atomic mass is 10.2. The molecule has 0 saturated carbocycles. The monoisotopic (exact) mass is 237 g/mol. The minimum Gasteiger partial charge on any atom is -0.508 e. The number of benzene rings is 2. The molecule has 0 unspecified atom stereocenters. The van der Waals surface area contributed by atoms with Gasteiger partial charge in [-0.05, 0) is 35.9 Å². The third kappa shape index (κ3) is 2.11. The molecule has 0 aliphatic rings. The van der Waals surface area contributed by atoms with Crippen LogP contribution in [0.1, 0.15) is 11.5 Å². The fourth-order valence-corrected chi connectivity index (χ4v) is 1.76. The van der Waals surface area contributed by atoms with Gasteiger partial charge in [-0.2, -0.15) is 0 Å². The first-order valence-electron chi connectivity index (χ1n) is 5.64. The summed E-state index contributed by atoms with van der Waals surface area (Å²) >= 11 is 0. The Kier molecular flexibility index (Phi) is 2.57. The number of hydrogen-bond acceptors (Lipinski definition) is 3. The first-order valence-corrected chi connectivity index (χ1v) is 5.64. The molecule has 3 rings (SSSR count). The van der Waals surface area contributed by atoms with Crippen molar-refractivity contribution in [2.24, 2.45) is 0 Å². The van der Waals surface area contributed by atoms with Crippen molar-refractivity contribution < 1.29 is 9.52 Å². The zero-order valence-corrected chi connectivity index (χ0v) is 9.58. The Balaban J connectivity index is 1.92. The molecule has 0 bridgehead atoms. The van der Waals surface area contributed by atoms with Crippen LogP contribution in [0.4, 0.5) is 0 Å². The molecule has 3 heteroatoms. The van der Waals surface area contributed by atoms with Crippen molar-refractivity contribution in [1.29, 1.82) is 0 Å². The maximum Gasteiger partial charge on any atom is 0.220 e. The lowest BCUT2D eigenvalue weighted by Gasteiger charge is -1.93. The molecule has 1 N–H and O–H groups in total. The predicted octanol–water partition coefficient (Wildman–Crippen LogP) is 3.70. The second-order valence-corrected chi connectivity index (χ2v) is 3.95. The maximum absolute atomic E-state index is 9.35. The third-order valence-electron chi connectivity index (χ3n) is 2.60. The van der Waals surface area contributed by atoms with Gasteiger partial charge < -0.3 is 9.52 Å². The molecule has 2 aromatic carbocycles. The Morgan fingerprint density at radius 2 is 1.89 bits per heavy atom. The van der Waals surface area contributed by atoms with Crippen LogP contribution in [0.25, 0.3) is 23.3 Å². The van der Waals surface area contributed by atoms with E-state index in [1.54, 1.807) is 24.3 Å². The Labute approximate surface area is 104 Å². The predicted molar refractivity (Wildman–Crippen MR) is 71.0 cm³/mol. The normalized spacial score (nSPS) is 11.3. The molecule has 88 valence electrons. The van der Waals surface area contributed by atoms with E-state index in [0.717, 1.165) is 16.7 Å². The molecule has 0 fully saturated rings. The van der Waals surface area contributed by atoms with Crippen molar-refractivity contribution in [2.75, 3.05) is 0 Å². The Morgan fingerprint density at radius 3 is 2.72 bits per heavy atom. The Hall–Kier alpha value is -2.55. The number of rotatable bonds is 2. The number of hydrogen-bond donors (Lipinski definition) is 1. The molecule has 0 spiro atoms. The summed E-state index contributed by atoms with van der Waals surface area (Å²) in [5.41, 5.74) is 2.51. The van der Waals surface area contributed by atoms with Gasteiger partial charge >= 0.3 is 0 Å². The van der Waals surface area contributed by atoms with Crippen LogP contribution < -0.4 is 0 Å². The number of phenols is 1. The molecule has 0 saturated heterocycles. The van der Waals surface area contributed by atoms with Gasteiger partial charge in [-0.1, -0.05) is 24.3 Å². The summed E-state index contributed by atoms with van der Waals surface area (Å²) in [7, 11) is 0. The first kappa shape index (κ1) is 10.6. The van der Waals surface area contributed by atoms with Gasteiger partial charge in [0.15, 0.2) is 5.58 Å². The summed E-state index contributed by atoms with van der Waals surface area (Å²) in [6.45, 7) is 0. The van der Waals surface area contributed by atoms with Crippen LogP contribution in [0.15, 0.2) is 52.9 Å². The zero-order chi connectivity index (χ0) is 12.4. The highest BCUT2D eigenvalue weighted by Crippen LogP contribution is 2.17. The minimum absolute atomic E-state index is 0.245. The van der Waals surface area contributed by atoms with Gasteiger partial charge in [-0.15, -0.1) is 0 Å². The summed E-state index contributed by atoms with van der Waals surface area (Å²) in [5, 5.41) is 9.35. The SMILES string of the molecule is Oc1cccc(C=Cc2nc3ccccc3o2)c1. The lowest BCUT2D eigenvalue weighted by molar-refractivity contribution is 0.475. The molecule has 1 aromatic heterocycles. The fraction of sp³-hybridized carbons (Fsp3) is 0. The number of nitrogens with zero attached hydrogens (tertiary/aromatic N) is 1. The van der Waals surface area contributed by atoms with E-state index in [2.05, 4.69) is 4.98 Å². The van der Waals surface area contributed by atoms with Gasteiger partial charge in [0, 0.05) is 6.08 Å². The van der Waals surface area contributed by atoms with Gasteiger partial charge in [0.1, 0.15) is 11.3 Å². The first-order chi connectivity index (χ1) is 8.81. The average Bonchev–Trinajstić information content (AvgIpc) is 2.79. The zero-order valence-electron chi connectivity index (χ0n) is 9.58. The number of aromatic hydroxyl groups is 1. The topological polar surface area (TPSA) is 46.3 Å². The van der Waals surface area contributed by atoms with E-state index >= 15 is 0 Å². The van der Waals surface area contributed by atoms with Crippen LogP contribution in [-0.4, -0.2) is 10.1 Å². The molecule has 0 atom stereocenters. The minimum atomic E-state index is 0.245. The van der Waals surface area contributed by atoms with Gasteiger partial charge in [-0.3, -0.25) is 0 Å². The van der Waals surface area contributed by atoms with Gasteiger partial charge in [-0.25, -0.2) is 4.98 Å². The Bertz CT molecular complexity index is 680. The van der Waals surface area contributed by atoms with Crippen molar-refractivity contribution >= 4 is 23.3 Å². The second-order valence-electron chi connectivity index (χ2n) is 3.95. The quantitative estimate of drug-likeness (QED) is 0.739. The van der Waals surface area contributed by atoms with Crippen molar-refractivity contribution in [3.05, 3.63) is 60.0 Å². The third-order valence-corrected chi connectivity index (χ3v) is 2.60. The van der Waals surface area contributed by atoms with Gasteiger partial charge in [0.2, 0.25) is 5.89 Å². The smallest absolute Gasteiger partial charge is 0.220 e. The van der Waals surface area contributed by atoms with Crippen LogP contribution >= 0.6 is 0 Å². The van der Waals surface area contributed by atoms with E-state index in [-0.39, 0.29) is 5.75 Å². The molecule has 3 nitrogen and oxygen atoms in total. The largest absolute Gasteiger partial charge is 0.508 e. The number of fused-ring (bicyclic) bond motifs is 1. The van der Waals surface area contributed by atoms with Crippen LogP contribution in [-0.2, 0) is 0 Å². The van der Waals surface area contributed by atoms with Crippen molar-refractivity contribution in [3.8, 4) is 5.75 Å². The average molecular weight is 237 g/mol. The summed E-state index contributed by atoms with van der Waals surface area (Å²) in [6, 6.07) is 14.6. The van der Waals surface area contributed by atoms with E-state index < -0.39 is 0 Å². The maximum atomic E-state index is 9.35. The molecule has 1 heterocycles. The molecule has 0 radical (unpaired) electrons. The number of aromatic nitrogens is 1. The molecule has 18 heavy (non-hydrogen) atoms. The summed E-state index contributed by atoms with van der Waals surface area (Å²) in [5.74, 6) is 0.800. The number of oxazole rings is 1. The molecule has 3 aromatic rings. The molecule has 0 amide bonds. The number of phenolic OH excluding ortho intramolecular Hbond substituents is 1. The van der Waals surface area contributed by atoms with Crippen molar-refractivity contribution in [2.45, 2.75) is 0 Å². The van der Waals surface area contributed by atoms with Crippen molar-refractivity contribution in [3.63, 3.8) is 0 Å². The summed E-state index contributed by atoms with van der Waals surface area (Å²) in [4.78, 5) is 4.33. The molecule has 0 aliphatic heterocycles. The summed E-state index contributed by atoms with van der Waals surface area (Å²) < 4.78 is 5.56. The molecular formula is C15H11NO2. The lowest BCUT2D eigenvalue weighted by Crippen LogP contribution is -1.72. The van der Waals surface area contributed by atoms with E-state index in [4.69, 9.17) is 4.42 Å². The number of para-hydroxylation sites is 2. The van der Waals surface area contributed by atoms with E-state index in [1.165, 1.54) is 0 Å². The van der Waals surface area contributed by atoms with Crippen LogP contribution in [0.2, 0.25) is 0 Å². The highest BCUT2D eigenvalue weighted by Gasteiger charge is 2.00. The van der Waals surface area contributed by atoms with Crippen molar-refractivity contribution in [1.82, 2.24) is 4.98 Å². The van der Waals surface area contributed by atoms with E-state index in [9.17, 15) is 5.11 Å². The highest BCUT2D eigenvalue weighted by molar-refractivity contribution is 5.76. The van der Waals surface area contributed by atoms with Gasteiger partial charge in [0.25, 0.3) is 0 Å². The molecular weight excluding hydrogens is 226 g/mol. The Morgan fingerprint density at radius 1 is 1.00 bits per heavy atom. The highest BCUT2D eigenvalue weighted by atomic mass is 16.3. The van der Waals surface area contributed by atoms with Gasteiger partial charge in [0.05, 0.1) is 0 Å². The van der Waals surface area contributed by atoms with Crippen LogP contribution in [0, 0.1) is 0 Å². The summed E-state index contributed by atoms with van der Waals surface area (Å²) in [6.07, 6.45) is 3.64. The second kappa shape index (κ2) is 4.37. The van der Waals surface area contributed by atoms with Crippen LogP contribution in [0.5, 0.6) is 5.75 Å². The standard InChI is InChI=1S/C15H11NO2/c17-12-5-3-4-11(10-12)8-9-15-16-13-6-1-2-7-14(13)18-15/h1-10,17H. The van der Waals surface area contributed by atoms with E-state index in [1.807, 2.05) is 36.4 Å².